The van der Waals surface area contributed by atoms with Gasteiger partial charge in [0.1, 0.15) is 0 Å². The van der Waals surface area contributed by atoms with Crippen molar-refractivity contribution < 1.29 is 27.5 Å². The largest absolute Gasteiger partial charge is 0.466 e. The van der Waals surface area contributed by atoms with Crippen molar-refractivity contribution in [1.29, 1.82) is 0 Å². The van der Waals surface area contributed by atoms with E-state index in [4.69, 9.17) is 11.6 Å². The van der Waals surface area contributed by atoms with Crippen LogP contribution in [0.2, 0.25) is 5.02 Å². The number of benzene rings is 2. The van der Waals surface area contributed by atoms with Crippen LogP contribution in [0.15, 0.2) is 42.5 Å². The lowest BCUT2D eigenvalue weighted by atomic mass is 10.1. The second-order valence-corrected chi connectivity index (χ2v) is 7.73. The highest BCUT2D eigenvalue weighted by Crippen LogP contribution is 2.36. The Labute approximate surface area is 178 Å². The van der Waals surface area contributed by atoms with E-state index in [0.29, 0.717) is 15.2 Å². The van der Waals surface area contributed by atoms with Crippen LogP contribution in [-0.2, 0) is 9.53 Å². The van der Waals surface area contributed by atoms with Gasteiger partial charge in [0.25, 0.3) is 5.91 Å². The van der Waals surface area contributed by atoms with Crippen LogP contribution >= 0.6 is 22.9 Å². The molecule has 1 aromatic heterocycles. The average Bonchev–Trinajstić information content (AvgIpc) is 3.10. The molecule has 0 aliphatic heterocycles. The van der Waals surface area contributed by atoms with Crippen molar-refractivity contribution in [3.8, 4) is 0 Å². The number of nitrogens with zero attached hydrogens (tertiary/aromatic N) is 1. The van der Waals surface area contributed by atoms with Crippen molar-refractivity contribution >= 4 is 50.2 Å². The van der Waals surface area contributed by atoms with Gasteiger partial charge in [-0.15, -0.1) is 0 Å². The summed E-state index contributed by atoms with van der Waals surface area (Å²) in [5, 5.41) is 3.89. The van der Waals surface area contributed by atoms with Gasteiger partial charge in [-0.25, -0.2) is 9.78 Å². The van der Waals surface area contributed by atoms with Gasteiger partial charge >= 0.3 is 17.8 Å². The number of amides is 1. The molecule has 1 atom stereocenters. The number of alkyl halides is 3. The molecule has 158 valence electrons. The van der Waals surface area contributed by atoms with Crippen LogP contribution < -0.4 is 10.6 Å². The predicted octanol–water partition coefficient (Wildman–Crippen LogP) is 4.53. The third-order valence-electron chi connectivity index (χ3n) is 4.24. The normalized spacial score (nSPS) is 13.5. The van der Waals surface area contributed by atoms with Crippen LogP contribution in [-0.4, -0.2) is 35.8 Å². The monoisotopic (exact) mass is 457 g/mol. The lowest BCUT2D eigenvalue weighted by Crippen LogP contribution is -2.69. The summed E-state index contributed by atoms with van der Waals surface area (Å²) in [6, 6.07) is 10.3. The number of methoxy groups -OCH3 is 1. The average molecular weight is 458 g/mol. The van der Waals surface area contributed by atoms with E-state index >= 15 is 0 Å². The van der Waals surface area contributed by atoms with Crippen LogP contribution in [0.5, 0.6) is 0 Å². The number of halogens is 4. The number of thiazole rings is 1. The summed E-state index contributed by atoms with van der Waals surface area (Å²) < 4.78 is 47.5. The minimum absolute atomic E-state index is 0.126. The molecule has 0 radical (unpaired) electrons. The summed E-state index contributed by atoms with van der Waals surface area (Å²) in [7, 11) is 0.793. The number of aromatic nitrogens is 1. The Hall–Kier alpha value is -2.85. The quantitative estimate of drug-likeness (QED) is 0.434. The van der Waals surface area contributed by atoms with Crippen LogP contribution in [0.4, 0.5) is 18.3 Å². The fourth-order valence-electron chi connectivity index (χ4n) is 2.69. The molecule has 0 aliphatic rings. The van der Waals surface area contributed by atoms with E-state index in [1.165, 1.54) is 24.3 Å². The van der Waals surface area contributed by atoms with Crippen molar-refractivity contribution in [2.75, 3.05) is 12.4 Å². The highest BCUT2D eigenvalue weighted by Gasteiger charge is 2.64. The minimum atomic E-state index is -5.25. The van der Waals surface area contributed by atoms with Gasteiger partial charge in [-0.05, 0) is 42.8 Å². The van der Waals surface area contributed by atoms with Crippen molar-refractivity contribution in [2.45, 2.75) is 18.8 Å². The van der Waals surface area contributed by atoms with Gasteiger partial charge in [-0.3, -0.25) is 4.79 Å². The number of fused-ring (bicyclic) bond motifs is 1. The Kier molecular flexibility index (Phi) is 5.91. The number of rotatable bonds is 5. The first-order chi connectivity index (χ1) is 14.1. The number of carbonyl (C=O) groups is 2. The molecular weight excluding hydrogens is 443 g/mol. The van der Waals surface area contributed by atoms with Crippen LogP contribution in [0.25, 0.3) is 10.2 Å². The van der Waals surface area contributed by atoms with Crippen LogP contribution in [0.1, 0.15) is 15.9 Å². The Bertz CT molecular complexity index is 1100. The Morgan fingerprint density at radius 2 is 1.80 bits per heavy atom. The van der Waals surface area contributed by atoms with E-state index in [-0.39, 0.29) is 10.7 Å². The zero-order chi connectivity index (χ0) is 22.1. The molecule has 0 saturated heterocycles. The molecule has 0 unspecified atom stereocenters. The molecule has 3 rings (SSSR count). The van der Waals surface area contributed by atoms with Crippen LogP contribution in [0, 0.1) is 6.92 Å². The van der Waals surface area contributed by atoms with Gasteiger partial charge in [0.2, 0.25) is 0 Å². The van der Waals surface area contributed by atoms with Gasteiger partial charge in [-0.1, -0.05) is 35.1 Å². The van der Waals surface area contributed by atoms with Crippen LogP contribution in [0.3, 0.4) is 0 Å². The number of hydrogen-bond acceptors (Lipinski definition) is 6. The molecule has 0 bridgehead atoms. The molecule has 0 fully saturated rings. The summed E-state index contributed by atoms with van der Waals surface area (Å²) >= 11 is 6.66. The minimum Gasteiger partial charge on any atom is -0.466 e. The first kappa shape index (κ1) is 21.8. The molecule has 2 N–H and O–H groups in total. The van der Waals surface area contributed by atoms with E-state index < -0.39 is 23.7 Å². The maximum Gasteiger partial charge on any atom is 0.442 e. The molecule has 0 spiro atoms. The Balaban J connectivity index is 2.06. The van der Waals surface area contributed by atoms with Gasteiger partial charge in [-0.2, -0.15) is 13.2 Å². The number of aryl methyl sites for hydroxylation is 1. The first-order valence-corrected chi connectivity index (χ1v) is 9.64. The SMILES string of the molecule is COC(=O)[C@@](NC(=O)c1ccc(Cl)cc1)(Nc1nc2c(C)cccc2s1)C(F)(F)F. The van der Waals surface area contributed by atoms with E-state index in [9.17, 15) is 22.8 Å². The summed E-state index contributed by atoms with van der Waals surface area (Å²) in [6.45, 7) is 1.76. The second kappa shape index (κ2) is 8.11. The third-order valence-corrected chi connectivity index (χ3v) is 5.43. The fraction of sp³-hybridized carbons (Fsp3) is 0.211. The molecule has 11 heteroatoms. The molecule has 1 amide bonds. The topological polar surface area (TPSA) is 80.3 Å². The van der Waals surface area contributed by atoms with Gasteiger partial charge < -0.3 is 15.4 Å². The standard InChI is InChI=1S/C19H15ClF3N3O3S/c1-10-4-3-5-13-14(10)24-17(30-13)26-18(16(28)29-2,19(21,22)23)25-15(27)11-6-8-12(20)9-7-11/h3-9H,1-2H3,(H,24,26)(H,25,27)/t18-/m1/s1. The smallest absolute Gasteiger partial charge is 0.442 e. The summed E-state index contributed by atoms with van der Waals surface area (Å²) in [5.74, 6) is -2.90. The predicted molar refractivity (Wildman–Crippen MR) is 108 cm³/mol. The summed E-state index contributed by atoms with van der Waals surface area (Å²) in [4.78, 5) is 29.0. The van der Waals surface area contributed by atoms with E-state index in [0.717, 1.165) is 24.0 Å². The fourth-order valence-corrected chi connectivity index (χ4v) is 3.81. The van der Waals surface area contributed by atoms with Gasteiger partial charge in [0.15, 0.2) is 5.13 Å². The van der Waals surface area contributed by atoms with Gasteiger partial charge in [0, 0.05) is 10.6 Å². The summed E-state index contributed by atoms with van der Waals surface area (Å²) in [6.07, 6.45) is -5.25. The summed E-state index contributed by atoms with van der Waals surface area (Å²) in [5.41, 5.74) is -2.45. The van der Waals surface area contributed by atoms with Crippen molar-refractivity contribution in [3.05, 3.63) is 58.6 Å². The number of nitrogens with one attached hydrogen (secondary N) is 2. The third kappa shape index (κ3) is 4.05. The first-order valence-electron chi connectivity index (χ1n) is 8.45. The van der Waals surface area contributed by atoms with Crippen molar-refractivity contribution in [3.63, 3.8) is 0 Å². The lowest BCUT2D eigenvalue weighted by molar-refractivity contribution is -0.203. The van der Waals surface area contributed by atoms with E-state index in [1.807, 2.05) is 0 Å². The van der Waals surface area contributed by atoms with E-state index in [2.05, 4.69) is 15.0 Å². The molecule has 1 heterocycles. The molecule has 0 saturated carbocycles. The molecular formula is C19H15ClF3N3O3S. The number of anilines is 1. The maximum absolute atomic E-state index is 14.2. The van der Waals surface area contributed by atoms with E-state index in [1.54, 1.807) is 30.4 Å². The highest BCUT2D eigenvalue weighted by atomic mass is 35.5. The van der Waals surface area contributed by atoms with Crippen molar-refractivity contribution in [1.82, 2.24) is 10.3 Å². The maximum atomic E-state index is 14.2. The molecule has 30 heavy (non-hydrogen) atoms. The number of para-hydroxylation sites is 1. The lowest BCUT2D eigenvalue weighted by Gasteiger charge is -2.34. The molecule has 3 aromatic rings. The Morgan fingerprint density at radius 1 is 1.13 bits per heavy atom. The molecule has 0 aliphatic carbocycles. The van der Waals surface area contributed by atoms with Gasteiger partial charge in [0.05, 0.1) is 17.3 Å². The zero-order valence-corrected chi connectivity index (χ0v) is 17.2. The highest BCUT2D eigenvalue weighted by molar-refractivity contribution is 7.22. The second-order valence-electron chi connectivity index (χ2n) is 6.27. The number of ether oxygens (including phenoxy) is 1. The zero-order valence-electron chi connectivity index (χ0n) is 15.6. The number of hydrogen-bond donors (Lipinski definition) is 2. The van der Waals surface area contributed by atoms with Crippen molar-refractivity contribution in [2.24, 2.45) is 0 Å². The molecule has 6 nitrogen and oxygen atoms in total. The number of esters is 1. The molecule has 2 aromatic carbocycles. The number of carbonyl (C=O) groups excluding carboxylic acids is 2. The Morgan fingerprint density at radius 3 is 2.37 bits per heavy atom.